The Morgan fingerprint density at radius 2 is 1.74 bits per heavy atom. The highest BCUT2D eigenvalue weighted by atomic mass is 16.5. The number of H-pyrrole nitrogens is 1. The van der Waals surface area contributed by atoms with Gasteiger partial charge in [-0.3, -0.25) is 9.59 Å². The first-order chi connectivity index (χ1) is 16.3. The Labute approximate surface area is 200 Å². The number of pyridine rings is 1. The van der Waals surface area contributed by atoms with E-state index in [-0.39, 0.29) is 18.0 Å². The number of methoxy groups -OCH3 is 1. The third kappa shape index (κ3) is 5.20. The molecule has 0 spiro atoms. The molecular weight excluding hydrogens is 424 g/mol. The van der Waals surface area contributed by atoms with Gasteiger partial charge in [0.1, 0.15) is 5.75 Å². The lowest BCUT2D eigenvalue weighted by Gasteiger charge is -2.23. The van der Waals surface area contributed by atoms with Gasteiger partial charge in [0.05, 0.1) is 13.7 Å². The van der Waals surface area contributed by atoms with Crippen LogP contribution in [-0.4, -0.2) is 29.4 Å². The molecule has 1 aromatic heterocycles. The lowest BCUT2D eigenvalue weighted by Crippen LogP contribution is -2.34. The van der Waals surface area contributed by atoms with Crippen molar-refractivity contribution in [1.29, 1.82) is 0 Å². The minimum absolute atomic E-state index is 0.133. The molecule has 1 heterocycles. The minimum Gasteiger partial charge on any atom is -0.497 e. The van der Waals surface area contributed by atoms with E-state index in [0.717, 1.165) is 27.6 Å². The molecule has 0 aliphatic heterocycles. The van der Waals surface area contributed by atoms with Crippen molar-refractivity contribution in [3.8, 4) is 5.75 Å². The van der Waals surface area contributed by atoms with Crippen LogP contribution in [-0.2, 0) is 13.0 Å². The molecular formula is C29H30N2O3. The second-order valence-electron chi connectivity index (χ2n) is 8.86. The van der Waals surface area contributed by atoms with Gasteiger partial charge in [-0.05, 0) is 74.2 Å². The van der Waals surface area contributed by atoms with Crippen molar-refractivity contribution in [2.24, 2.45) is 0 Å². The molecule has 1 N–H and O–H groups in total. The molecule has 5 nitrogen and oxygen atoms in total. The van der Waals surface area contributed by atoms with Gasteiger partial charge < -0.3 is 14.6 Å². The SMILES string of the molecule is COc1cccc(C(=O)N(CCc2cccc(C)c2)Cc2cc3c(C)cc(C)cc3[nH]c2=O)c1. The normalized spacial score (nSPS) is 10.9. The number of amides is 1. The van der Waals surface area contributed by atoms with Crippen molar-refractivity contribution in [2.75, 3.05) is 13.7 Å². The summed E-state index contributed by atoms with van der Waals surface area (Å²) in [6.45, 7) is 6.82. The number of aromatic amines is 1. The molecule has 5 heteroatoms. The van der Waals surface area contributed by atoms with Gasteiger partial charge in [0.2, 0.25) is 0 Å². The van der Waals surface area contributed by atoms with Gasteiger partial charge in [0.25, 0.3) is 11.5 Å². The highest BCUT2D eigenvalue weighted by Crippen LogP contribution is 2.20. The summed E-state index contributed by atoms with van der Waals surface area (Å²) in [7, 11) is 1.58. The molecule has 0 bridgehead atoms. The maximum atomic E-state index is 13.6. The van der Waals surface area contributed by atoms with E-state index in [1.54, 1.807) is 30.2 Å². The number of rotatable bonds is 7. The van der Waals surface area contributed by atoms with E-state index < -0.39 is 0 Å². The van der Waals surface area contributed by atoms with Crippen LogP contribution in [0.2, 0.25) is 0 Å². The van der Waals surface area contributed by atoms with Crippen molar-refractivity contribution < 1.29 is 9.53 Å². The summed E-state index contributed by atoms with van der Waals surface area (Å²) in [5.41, 5.74) is 6.28. The summed E-state index contributed by atoms with van der Waals surface area (Å²) in [6.07, 6.45) is 0.696. The van der Waals surface area contributed by atoms with E-state index in [1.165, 1.54) is 5.56 Å². The van der Waals surface area contributed by atoms with Crippen LogP contribution in [0.25, 0.3) is 10.9 Å². The monoisotopic (exact) mass is 454 g/mol. The minimum atomic E-state index is -0.170. The molecule has 34 heavy (non-hydrogen) atoms. The zero-order valence-electron chi connectivity index (χ0n) is 20.1. The van der Waals surface area contributed by atoms with E-state index in [4.69, 9.17) is 4.74 Å². The number of aryl methyl sites for hydroxylation is 3. The van der Waals surface area contributed by atoms with Gasteiger partial charge in [0.15, 0.2) is 0 Å². The Hall–Kier alpha value is -3.86. The van der Waals surface area contributed by atoms with Gasteiger partial charge in [-0.1, -0.05) is 42.0 Å². The van der Waals surface area contributed by atoms with E-state index in [1.807, 2.05) is 38.1 Å². The van der Waals surface area contributed by atoms with Crippen LogP contribution >= 0.6 is 0 Å². The summed E-state index contributed by atoms with van der Waals surface area (Å²) in [5.74, 6) is 0.491. The number of benzene rings is 3. The molecule has 0 saturated heterocycles. The standard InChI is InChI=1S/C29H30N2O3/c1-19-7-5-8-22(14-19)11-12-31(29(33)23-9-6-10-25(16-23)34-4)18-24-17-26-21(3)13-20(2)15-27(26)30-28(24)32/h5-10,13-17H,11-12,18H2,1-4H3,(H,30,32). The number of hydrogen-bond donors (Lipinski definition) is 1. The Bertz CT molecular complexity index is 1400. The number of nitrogens with one attached hydrogen (secondary N) is 1. The summed E-state index contributed by atoms with van der Waals surface area (Å²) < 4.78 is 5.31. The number of carbonyl (C=O) groups is 1. The van der Waals surface area contributed by atoms with E-state index >= 15 is 0 Å². The summed E-state index contributed by atoms with van der Waals surface area (Å²) in [5, 5.41) is 0.993. The molecule has 0 unspecified atom stereocenters. The van der Waals surface area contributed by atoms with Crippen LogP contribution in [0.3, 0.4) is 0 Å². The van der Waals surface area contributed by atoms with Crippen molar-refractivity contribution in [3.05, 3.63) is 110 Å². The maximum Gasteiger partial charge on any atom is 0.254 e. The molecule has 0 aliphatic carbocycles. The molecule has 0 aliphatic rings. The van der Waals surface area contributed by atoms with Gasteiger partial charge in [0, 0.05) is 28.6 Å². The Balaban J connectivity index is 1.69. The van der Waals surface area contributed by atoms with Crippen molar-refractivity contribution in [3.63, 3.8) is 0 Å². The predicted molar refractivity (Wildman–Crippen MR) is 137 cm³/mol. The summed E-state index contributed by atoms with van der Waals surface area (Å²) in [6, 6.07) is 21.4. The Morgan fingerprint density at radius 3 is 2.50 bits per heavy atom. The fraction of sp³-hybridized carbons (Fsp3) is 0.241. The van der Waals surface area contributed by atoms with Crippen LogP contribution < -0.4 is 10.3 Å². The van der Waals surface area contributed by atoms with Crippen LogP contribution in [0.15, 0.2) is 71.5 Å². The molecule has 4 aromatic rings. The smallest absolute Gasteiger partial charge is 0.254 e. The topological polar surface area (TPSA) is 62.4 Å². The fourth-order valence-electron chi connectivity index (χ4n) is 4.36. The van der Waals surface area contributed by atoms with E-state index in [9.17, 15) is 9.59 Å². The zero-order valence-corrected chi connectivity index (χ0v) is 20.1. The van der Waals surface area contributed by atoms with Crippen molar-refractivity contribution in [1.82, 2.24) is 9.88 Å². The Kier molecular flexibility index (Phi) is 6.82. The molecule has 1 amide bonds. The van der Waals surface area contributed by atoms with Crippen LogP contribution in [0, 0.1) is 20.8 Å². The molecule has 0 radical (unpaired) electrons. The number of nitrogens with zero attached hydrogens (tertiary/aromatic N) is 1. The maximum absolute atomic E-state index is 13.6. The lowest BCUT2D eigenvalue weighted by atomic mass is 10.0. The molecule has 0 saturated carbocycles. The zero-order chi connectivity index (χ0) is 24.2. The van der Waals surface area contributed by atoms with Crippen LogP contribution in [0.4, 0.5) is 0 Å². The average molecular weight is 455 g/mol. The van der Waals surface area contributed by atoms with Crippen molar-refractivity contribution >= 4 is 16.8 Å². The second kappa shape index (κ2) is 9.96. The Morgan fingerprint density at radius 1 is 0.941 bits per heavy atom. The molecule has 0 atom stereocenters. The molecule has 4 rings (SSSR count). The van der Waals surface area contributed by atoms with Crippen LogP contribution in [0.1, 0.15) is 38.2 Å². The van der Waals surface area contributed by atoms with Gasteiger partial charge in [-0.2, -0.15) is 0 Å². The van der Waals surface area contributed by atoms with E-state index in [0.29, 0.717) is 29.8 Å². The van der Waals surface area contributed by atoms with Gasteiger partial charge in [-0.15, -0.1) is 0 Å². The van der Waals surface area contributed by atoms with E-state index in [2.05, 4.69) is 36.2 Å². The van der Waals surface area contributed by atoms with Crippen molar-refractivity contribution in [2.45, 2.75) is 33.7 Å². The highest BCUT2D eigenvalue weighted by Gasteiger charge is 2.19. The second-order valence-corrected chi connectivity index (χ2v) is 8.86. The first-order valence-electron chi connectivity index (χ1n) is 11.5. The largest absolute Gasteiger partial charge is 0.497 e. The molecule has 3 aromatic carbocycles. The fourth-order valence-corrected chi connectivity index (χ4v) is 4.36. The predicted octanol–water partition coefficient (Wildman–Crippen LogP) is 5.35. The number of ether oxygens (including phenoxy) is 1. The number of hydrogen-bond acceptors (Lipinski definition) is 3. The van der Waals surface area contributed by atoms with Crippen LogP contribution in [0.5, 0.6) is 5.75 Å². The quantitative estimate of drug-likeness (QED) is 0.410. The third-order valence-electron chi connectivity index (χ3n) is 6.11. The summed E-state index contributed by atoms with van der Waals surface area (Å²) >= 11 is 0. The first kappa shape index (κ1) is 23.3. The number of fused-ring (bicyclic) bond motifs is 1. The lowest BCUT2D eigenvalue weighted by molar-refractivity contribution is 0.0744. The number of aromatic nitrogens is 1. The summed E-state index contributed by atoms with van der Waals surface area (Å²) in [4.78, 5) is 31.3. The van der Waals surface area contributed by atoms with Gasteiger partial charge in [-0.25, -0.2) is 0 Å². The molecule has 174 valence electrons. The molecule has 0 fully saturated rings. The first-order valence-corrected chi connectivity index (χ1v) is 11.5. The third-order valence-corrected chi connectivity index (χ3v) is 6.11. The number of carbonyl (C=O) groups excluding carboxylic acids is 1. The van der Waals surface area contributed by atoms with Gasteiger partial charge >= 0.3 is 0 Å². The average Bonchev–Trinajstić information content (AvgIpc) is 2.82. The highest BCUT2D eigenvalue weighted by molar-refractivity contribution is 5.94.